The van der Waals surface area contributed by atoms with Crippen LogP contribution in [0.5, 0.6) is 11.8 Å². The first kappa shape index (κ1) is 19.4. The Labute approximate surface area is 166 Å². The number of hydrogen-bond donors (Lipinski definition) is 2. The Bertz CT molecular complexity index is 782. The van der Waals surface area contributed by atoms with Gasteiger partial charge in [-0.3, -0.25) is 9.36 Å². The molecule has 3 aliphatic rings. The third kappa shape index (κ3) is 3.11. The van der Waals surface area contributed by atoms with Gasteiger partial charge in [-0.2, -0.15) is 0 Å². The second kappa shape index (κ2) is 7.47. The van der Waals surface area contributed by atoms with Crippen molar-refractivity contribution in [3.8, 4) is 11.8 Å². The minimum absolute atomic E-state index is 0.219. The second-order valence-electron chi connectivity index (χ2n) is 8.42. The molecule has 1 fully saturated rings. The lowest BCUT2D eigenvalue weighted by Crippen LogP contribution is -2.18. The van der Waals surface area contributed by atoms with E-state index in [-0.39, 0.29) is 29.1 Å². The fraction of sp³-hybridized carbons (Fsp3) is 0.682. The van der Waals surface area contributed by atoms with Crippen LogP contribution < -0.4 is 0 Å². The molecule has 3 aliphatic carbocycles. The van der Waals surface area contributed by atoms with Crippen molar-refractivity contribution in [3.05, 3.63) is 23.3 Å². The number of rotatable bonds is 11. The third-order valence-electron chi connectivity index (χ3n) is 6.58. The molecule has 6 heteroatoms. The number of carbonyl (C=O) groups excluding carboxylic acids is 1. The van der Waals surface area contributed by atoms with E-state index < -0.39 is 6.29 Å². The standard InChI is InChI=1S/C22H31NO5/c1-3-4-12-27-14(2)28-17(24)8-6-5-7-11-23-20(25)18-15-9-10-22(15)13-16(22)19(18)21(23)26/h9-10,14-16,25-26H,3-8,11-13H2,1-2H3. The van der Waals surface area contributed by atoms with Crippen LogP contribution in [0.25, 0.3) is 0 Å². The summed E-state index contributed by atoms with van der Waals surface area (Å²) in [6.45, 7) is 5.00. The van der Waals surface area contributed by atoms with Crippen LogP contribution in [0.3, 0.4) is 0 Å². The molecule has 28 heavy (non-hydrogen) atoms. The maximum atomic E-state index is 11.8. The van der Waals surface area contributed by atoms with Crippen LogP contribution in [-0.4, -0.2) is 33.6 Å². The summed E-state index contributed by atoms with van der Waals surface area (Å²) in [4.78, 5) is 11.8. The van der Waals surface area contributed by atoms with Crippen LogP contribution in [0.4, 0.5) is 0 Å². The van der Waals surface area contributed by atoms with Crippen LogP contribution in [0.15, 0.2) is 12.2 Å². The fourth-order valence-electron chi connectivity index (χ4n) is 4.88. The van der Waals surface area contributed by atoms with E-state index in [0.717, 1.165) is 49.7 Å². The van der Waals surface area contributed by atoms with Gasteiger partial charge in [-0.05, 0) is 32.6 Å². The van der Waals surface area contributed by atoms with E-state index in [9.17, 15) is 15.0 Å². The minimum Gasteiger partial charge on any atom is -0.494 e. The van der Waals surface area contributed by atoms with Crippen LogP contribution in [0, 0.1) is 5.41 Å². The summed E-state index contributed by atoms with van der Waals surface area (Å²) in [6.07, 6.45) is 9.71. The first-order valence-electron chi connectivity index (χ1n) is 10.6. The van der Waals surface area contributed by atoms with Gasteiger partial charge in [0.05, 0.1) is 6.61 Å². The van der Waals surface area contributed by atoms with Gasteiger partial charge in [0.15, 0.2) is 18.1 Å². The molecule has 4 unspecified atom stereocenters. The van der Waals surface area contributed by atoms with Gasteiger partial charge in [-0.1, -0.05) is 31.9 Å². The first-order valence-corrected chi connectivity index (χ1v) is 10.6. The van der Waals surface area contributed by atoms with E-state index in [2.05, 4.69) is 19.1 Å². The molecular weight excluding hydrogens is 358 g/mol. The Morgan fingerprint density at radius 2 is 2.04 bits per heavy atom. The molecule has 0 amide bonds. The topological polar surface area (TPSA) is 80.9 Å². The predicted octanol–water partition coefficient (Wildman–Crippen LogP) is 4.31. The number of esters is 1. The van der Waals surface area contributed by atoms with Crippen molar-refractivity contribution in [2.75, 3.05) is 6.61 Å². The Balaban J connectivity index is 1.19. The predicted molar refractivity (Wildman–Crippen MR) is 104 cm³/mol. The summed E-state index contributed by atoms with van der Waals surface area (Å²) in [7, 11) is 0. The van der Waals surface area contributed by atoms with Gasteiger partial charge in [-0.15, -0.1) is 0 Å². The Morgan fingerprint density at radius 1 is 1.25 bits per heavy atom. The number of unbranched alkanes of at least 4 members (excludes halogenated alkanes) is 3. The van der Waals surface area contributed by atoms with Crippen LogP contribution in [0.1, 0.15) is 81.8 Å². The molecule has 2 N–H and O–H groups in total. The van der Waals surface area contributed by atoms with Crippen molar-refractivity contribution in [2.45, 2.75) is 83.5 Å². The molecule has 6 nitrogen and oxygen atoms in total. The molecule has 4 atom stereocenters. The van der Waals surface area contributed by atoms with Crippen molar-refractivity contribution < 1.29 is 24.5 Å². The quantitative estimate of drug-likeness (QED) is 0.255. The van der Waals surface area contributed by atoms with Gasteiger partial charge in [0.2, 0.25) is 0 Å². The van der Waals surface area contributed by atoms with Crippen molar-refractivity contribution in [3.63, 3.8) is 0 Å². The molecule has 154 valence electrons. The molecule has 4 rings (SSSR count). The normalized spacial score (nSPS) is 26.9. The lowest BCUT2D eigenvalue weighted by atomic mass is 9.78. The van der Waals surface area contributed by atoms with E-state index in [0.29, 0.717) is 25.5 Å². The smallest absolute Gasteiger partial charge is 0.308 e. The lowest BCUT2D eigenvalue weighted by Gasteiger charge is -2.26. The molecule has 1 aromatic heterocycles. The number of fused-ring (bicyclic) bond motifs is 3. The molecule has 1 heterocycles. The van der Waals surface area contributed by atoms with Crippen LogP contribution in [0.2, 0.25) is 0 Å². The summed E-state index contributed by atoms with van der Waals surface area (Å²) in [5.74, 6) is 0.905. The zero-order chi connectivity index (χ0) is 19.9. The number of nitrogens with zero attached hydrogens (tertiary/aromatic N) is 1. The Morgan fingerprint density at radius 3 is 2.75 bits per heavy atom. The molecule has 1 spiro atoms. The summed E-state index contributed by atoms with van der Waals surface area (Å²) in [6, 6.07) is 0. The highest BCUT2D eigenvalue weighted by atomic mass is 16.7. The first-order chi connectivity index (χ1) is 13.5. The maximum Gasteiger partial charge on any atom is 0.308 e. The minimum atomic E-state index is -0.495. The monoisotopic (exact) mass is 389 g/mol. The second-order valence-corrected chi connectivity index (χ2v) is 8.42. The summed E-state index contributed by atoms with van der Waals surface area (Å²) in [5, 5.41) is 21.2. The summed E-state index contributed by atoms with van der Waals surface area (Å²) >= 11 is 0. The van der Waals surface area contributed by atoms with E-state index in [1.807, 2.05) is 0 Å². The van der Waals surface area contributed by atoms with Crippen LogP contribution >= 0.6 is 0 Å². The van der Waals surface area contributed by atoms with Gasteiger partial charge in [0.1, 0.15) is 0 Å². The lowest BCUT2D eigenvalue weighted by molar-refractivity contribution is -0.175. The molecular formula is C22H31NO5. The number of allylic oxidation sites excluding steroid dienone is 2. The van der Waals surface area contributed by atoms with Gasteiger partial charge < -0.3 is 19.7 Å². The average Bonchev–Trinajstić information content (AvgIpc) is 3.31. The van der Waals surface area contributed by atoms with Gasteiger partial charge in [0.25, 0.3) is 0 Å². The summed E-state index contributed by atoms with van der Waals surface area (Å²) in [5.41, 5.74) is 2.13. The number of carbonyl (C=O) groups is 1. The Kier molecular flexibility index (Phi) is 5.17. The molecule has 1 saturated carbocycles. The number of hydrogen-bond acceptors (Lipinski definition) is 5. The van der Waals surface area contributed by atoms with E-state index >= 15 is 0 Å². The zero-order valence-corrected chi connectivity index (χ0v) is 16.8. The Hall–Kier alpha value is -1.95. The van der Waals surface area contributed by atoms with Crippen molar-refractivity contribution >= 4 is 5.97 Å². The molecule has 0 bridgehead atoms. The van der Waals surface area contributed by atoms with E-state index in [4.69, 9.17) is 9.47 Å². The number of aromatic nitrogens is 1. The number of ether oxygens (including phenoxy) is 2. The van der Waals surface area contributed by atoms with E-state index in [1.54, 1.807) is 11.5 Å². The maximum absolute atomic E-state index is 11.8. The molecule has 0 radical (unpaired) electrons. The van der Waals surface area contributed by atoms with Gasteiger partial charge >= 0.3 is 5.97 Å². The molecule has 0 aliphatic heterocycles. The molecule has 0 saturated heterocycles. The molecule has 1 aromatic rings. The largest absolute Gasteiger partial charge is 0.494 e. The van der Waals surface area contributed by atoms with Crippen molar-refractivity contribution in [2.24, 2.45) is 5.41 Å². The van der Waals surface area contributed by atoms with Crippen molar-refractivity contribution in [1.29, 1.82) is 0 Å². The van der Waals surface area contributed by atoms with Crippen molar-refractivity contribution in [1.82, 2.24) is 4.57 Å². The highest BCUT2D eigenvalue weighted by molar-refractivity contribution is 5.69. The average molecular weight is 389 g/mol. The van der Waals surface area contributed by atoms with Gasteiger partial charge in [0, 0.05) is 41.3 Å². The SMILES string of the molecule is CCCCOC(C)OC(=O)CCCCCn1c(O)c2c(c1O)C1CC13C=CC23. The zero-order valence-electron chi connectivity index (χ0n) is 16.8. The summed E-state index contributed by atoms with van der Waals surface area (Å²) < 4.78 is 12.3. The molecule has 0 aromatic carbocycles. The van der Waals surface area contributed by atoms with Crippen LogP contribution in [-0.2, 0) is 20.8 Å². The number of aromatic hydroxyl groups is 2. The highest BCUT2D eigenvalue weighted by Crippen LogP contribution is 2.80. The third-order valence-corrected chi connectivity index (χ3v) is 6.58. The fourth-order valence-corrected chi connectivity index (χ4v) is 4.88. The van der Waals surface area contributed by atoms with E-state index in [1.165, 1.54) is 0 Å². The van der Waals surface area contributed by atoms with Gasteiger partial charge in [-0.25, -0.2) is 0 Å². The highest BCUT2D eigenvalue weighted by Gasteiger charge is 2.69.